The highest BCUT2D eigenvalue weighted by Gasteiger charge is 2.30. The monoisotopic (exact) mass is 358 g/mol. The zero-order chi connectivity index (χ0) is 18.5. The zero-order valence-corrected chi connectivity index (χ0v) is 16.2. The van der Waals surface area contributed by atoms with Gasteiger partial charge in [0.15, 0.2) is 0 Å². The van der Waals surface area contributed by atoms with Gasteiger partial charge in [-0.15, -0.1) is 0 Å². The van der Waals surface area contributed by atoms with E-state index in [9.17, 15) is 4.79 Å². The van der Waals surface area contributed by atoms with E-state index in [1.165, 1.54) is 60.0 Å². The molecule has 3 nitrogen and oxygen atoms in total. The van der Waals surface area contributed by atoms with Gasteiger partial charge < -0.3 is 4.90 Å². The van der Waals surface area contributed by atoms with Gasteiger partial charge in [-0.3, -0.25) is 9.69 Å². The molecule has 2 aliphatic carbocycles. The van der Waals surface area contributed by atoms with Gasteiger partial charge in [0.2, 0.25) is 0 Å². The van der Waals surface area contributed by atoms with E-state index in [2.05, 4.69) is 41.3 Å². The van der Waals surface area contributed by atoms with Gasteiger partial charge in [0.25, 0.3) is 5.91 Å². The van der Waals surface area contributed by atoms with E-state index >= 15 is 0 Å². The molecule has 1 saturated heterocycles. The first-order chi connectivity index (χ1) is 13.1. The average Bonchev–Trinajstić information content (AvgIpc) is 2.71. The highest BCUT2D eigenvalue weighted by molar-refractivity contribution is 6.12. The van der Waals surface area contributed by atoms with Gasteiger partial charge in [0, 0.05) is 19.7 Å². The van der Waals surface area contributed by atoms with Gasteiger partial charge in [0.1, 0.15) is 0 Å². The lowest BCUT2D eigenvalue weighted by Gasteiger charge is -2.38. The molecule has 138 valence electrons. The van der Waals surface area contributed by atoms with Crippen LogP contribution in [0.5, 0.6) is 0 Å². The van der Waals surface area contributed by atoms with E-state index in [0.717, 1.165) is 17.4 Å². The van der Waals surface area contributed by atoms with Crippen LogP contribution in [-0.2, 0) is 6.42 Å². The quantitative estimate of drug-likeness (QED) is 0.796. The summed E-state index contributed by atoms with van der Waals surface area (Å²) in [7, 11) is 3.65. The number of carbonyl (C=O) groups excluding carboxylic acids is 1. The molecule has 0 saturated carbocycles. The van der Waals surface area contributed by atoms with Crippen LogP contribution in [0.25, 0.3) is 22.4 Å². The maximum absolute atomic E-state index is 12.7. The molecule has 1 unspecified atom stereocenters. The van der Waals surface area contributed by atoms with Crippen LogP contribution in [0, 0.1) is 0 Å². The lowest BCUT2D eigenvalue weighted by atomic mass is 9.78. The second kappa shape index (κ2) is 6.35. The number of rotatable bonds is 2. The van der Waals surface area contributed by atoms with Gasteiger partial charge in [-0.25, -0.2) is 0 Å². The van der Waals surface area contributed by atoms with Crippen molar-refractivity contribution in [3.05, 3.63) is 58.7 Å². The summed E-state index contributed by atoms with van der Waals surface area (Å²) in [6.07, 6.45) is 12.0. The van der Waals surface area contributed by atoms with Crippen LogP contribution in [0.15, 0.2) is 36.4 Å². The van der Waals surface area contributed by atoms with Gasteiger partial charge >= 0.3 is 0 Å². The molecule has 5 rings (SSSR count). The standard InChI is InChI=1S/C24H26N2O/c1-25(2)24(27)19-11-7-16-8-12-20-21(26-14-4-3-5-15-26)13-9-17-6-10-18(19)22(16)23(17)20/h6-7,9-13,21H,3-5,8,14-15H2,1-2H3. The number of benzene rings is 2. The third-order valence-corrected chi connectivity index (χ3v) is 6.33. The first-order valence-electron chi connectivity index (χ1n) is 10.1. The Balaban J connectivity index is 1.69. The topological polar surface area (TPSA) is 23.6 Å². The van der Waals surface area contributed by atoms with Crippen molar-refractivity contribution in [2.45, 2.75) is 31.7 Å². The van der Waals surface area contributed by atoms with Crippen molar-refractivity contribution in [1.82, 2.24) is 9.80 Å². The molecule has 2 aromatic rings. The number of piperidine rings is 1. The van der Waals surface area contributed by atoms with Crippen molar-refractivity contribution in [2.24, 2.45) is 0 Å². The minimum atomic E-state index is 0.0801. The highest BCUT2D eigenvalue weighted by Crippen LogP contribution is 2.43. The van der Waals surface area contributed by atoms with Crippen molar-refractivity contribution in [1.29, 1.82) is 0 Å². The van der Waals surface area contributed by atoms with Crippen molar-refractivity contribution < 1.29 is 4.79 Å². The van der Waals surface area contributed by atoms with E-state index in [1.54, 1.807) is 4.90 Å². The Hall–Kier alpha value is -2.39. The number of carbonyl (C=O) groups is 1. The molecule has 1 heterocycles. The van der Waals surface area contributed by atoms with Crippen LogP contribution < -0.4 is 0 Å². The molecule has 27 heavy (non-hydrogen) atoms. The second-order valence-corrected chi connectivity index (χ2v) is 8.19. The SMILES string of the molecule is CN(C)C(=O)c1ccc2c3c4c(ccc13)C=CC(N1CCCCC1)C4=CC2. The van der Waals surface area contributed by atoms with Crippen LogP contribution in [-0.4, -0.2) is 48.9 Å². The van der Waals surface area contributed by atoms with Crippen molar-refractivity contribution in [2.75, 3.05) is 27.2 Å². The minimum absolute atomic E-state index is 0.0801. The summed E-state index contributed by atoms with van der Waals surface area (Å²) in [5, 5.41) is 2.40. The fourth-order valence-electron chi connectivity index (χ4n) is 4.99. The molecular weight excluding hydrogens is 332 g/mol. The summed E-state index contributed by atoms with van der Waals surface area (Å²) in [4.78, 5) is 17.0. The summed E-state index contributed by atoms with van der Waals surface area (Å²) in [6, 6.07) is 8.87. The fraction of sp³-hybridized carbons (Fsp3) is 0.375. The van der Waals surface area contributed by atoms with E-state index < -0.39 is 0 Å². The zero-order valence-electron chi connectivity index (χ0n) is 16.2. The Morgan fingerprint density at radius 2 is 1.89 bits per heavy atom. The molecule has 2 aromatic carbocycles. The second-order valence-electron chi connectivity index (χ2n) is 8.19. The van der Waals surface area contributed by atoms with E-state index in [0.29, 0.717) is 6.04 Å². The number of nitrogens with zero attached hydrogens (tertiary/aromatic N) is 2. The number of amides is 1. The van der Waals surface area contributed by atoms with Crippen LogP contribution >= 0.6 is 0 Å². The third kappa shape index (κ3) is 2.56. The summed E-state index contributed by atoms with van der Waals surface area (Å²) < 4.78 is 0. The molecule has 3 aliphatic rings. The summed E-state index contributed by atoms with van der Waals surface area (Å²) in [6.45, 7) is 2.37. The lowest BCUT2D eigenvalue weighted by molar-refractivity contribution is 0.0829. The summed E-state index contributed by atoms with van der Waals surface area (Å²) in [5.74, 6) is 0.0801. The normalized spacial score (nSPS) is 21.3. The summed E-state index contributed by atoms with van der Waals surface area (Å²) >= 11 is 0. The lowest BCUT2D eigenvalue weighted by Crippen LogP contribution is -2.40. The molecule has 1 aliphatic heterocycles. The number of hydrogen-bond donors (Lipinski definition) is 0. The Morgan fingerprint density at radius 1 is 1.07 bits per heavy atom. The molecule has 0 aromatic heterocycles. The fourth-order valence-corrected chi connectivity index (χ4v) is 4.99. The first kappa shape index (κ1) is 16.8. The van der Waals surface area contributed by atoms with Crippen LogP contribution in [0.3, 0.4) is 0 Å². The smallest absolute Gasteiger partial charge is 0.253 e. The van der Waals surface area contributed by atoms with Gasteiger partial charge in [-0.2, -0.15) is 0 Å². The van der Waals surface area contributed by atoms with Crippen LogP contribution in [0.1, 0.15) is 46.3 Å². The maximum Gasteiger partial charge on any atom is 0.253 e. The minimum Gasteiger partial charge on any atom is -0.345 e. The number of hydrogen-bond acceptors (Lipinski definition) is 2. The molecule has 1 amide bonds. The molecule has 3 heteroatoms. The molecule has 0 spiro atoms. The van der Waals surface area contributed by atoms with Crippen molar-refractivity contribution in [3.8, 4) is 0 Å². The Labute approximate surface area is 161 Å². The van der Waals surface area contributed by atoms with Gasteiger partial charge in [0.05, 0.1) is 6.04 Å². The van der Waals surface area contributed by atoms with Crippen LogP contribution in [0.4, 0.5) is 0 Å². The highest BCUT2D eigenvalue weighted by atomic mass is 16.2. The van der Waals surface area contributed by atoms with Gasteiger partial charge in [-0.1, -0.05) is 42.8 Å². The Bertz CT molecular complexity index is 993. The molecular formula is C24H26N2O. The number of allylic oxidation sites excluding steroid dienone is 1. The molecule has 1 atom stereocenters. The Kier molecular flexibility index (Phi) is 3.94. The maximum atomic E-state index is 12.7. The van der Waals surface area contributed by atoms with Gasteiger partial charge in [-0.05, 0) is 71.5 Å². The van der Waals surface area contributed by atoms with Crippen molar-refractivity contribution >= 4 is 28.3 Å². The van der Waals surface area contributed by atoms with E-state index in [4.69, 9.17) is 0 Å². The summed E-state index contributed by atoms with van der Waals surface area (Å²) in [5.41, 5.74) is 6.25. The molecule has 0 bridgehead atoms. The predicted molar refractivity (Wildman–Crippen MR) is 112 cm³/mol. The molecule has 0 radical (unpaired) electrons. The van der Waals surface area contributed by atoms with E-state index in [-0.39, 0.29) is 5.91 Å². The molecule has 0 N–H and O–H groups in total. The predicted octanol–water partition coefficient (Wildman–Crippen LogP) is 4.36. The molecule has 1 fully saturated rings. The van der Waals surface area contributed by atoms with Crippen LogP contribution in [0.2, 0.25) is 0 Å². The average molecular weight is 358 g/mol. The van der Waals surface area contributed by atoms with Crippen molar-refractivity contribution in [3.63, 3.8) is 0 Å². The Morgan fingerprint density at radius 3 is 2.67 bits per heavy atom. The first-order valence-corrected chi connectivity index (χ1v) is 10.1. The largest absolute Gasteiger partial charge is 0.345 e. The van der Waals surface area contributed by atoms with E-state index in [1.807, 2.05) is 20.2 Å². The number of likely N-dealkylation sites (tertiary alicyclic amines) is 1. The third-order valence-electron chi connectivity index (χ3n) is 6.33.